The summed E-state index contributed by atoms with van der Waals surface area (Å²) in [5.74, 6) is -1.59. The Hall–Kier alpha value is -1.50. The van der Waals surface area contributed by atoms with Gasteiger partial charge in [0.05, 0.1) is 19.3 Å². The molecule has 48 valence electrons. The molecule has 0 bridgehead atoms. The van der Waals surface area contributed by atoms with Crippen molar-refractivity contribution in [1.29, 1.82) is 5.26 Å². The summed E-state index contributed by atoms with van der Waals surface area (Å²) in [5.41, 5.74) is 0. The van der Waals surface area contributed by atoms with Crippen LogP contribution in [0, 0.1) is 11.3 Å². The van der Waals surface area contributed by atoms with Crippen molar-refractivity contribution in [2.75, 3.05) is 7.11 Å². The molecule has 0 saturated heterocycles. The maximum Gasteiger partial charge on any atom is 0.373 e. The molecule has 0 aromatic carbocycles. The third kappa shape index (κ3) is 2.34. The molecule has 0 aliphatic heterocycles. The number of methoxy groups -OCH3 is 1. The van der Waals surface area contributed by atoms with E-state index in [1.165, 1.54) is 6.07 Å². The number of carbonyl (C=O) groups excluding carboxylic acids is 1. The Bertz CT molecular complexity index is 177. The van der Waals surface area contributed by atoms with E-state index in [2.05, 4.69) is 4.74 Å². The van der Waals surface area contributed by atoms with Gasteiger partial charge in [-0.25, -0.2) is 4.79 Å². The molecular formula is C5H5NO3. The molecule has 0 unspecified atom stereocenters. The Kier molecular flexibility index (Phi) is 2.91. The van der Waals surface area contributed by atoms with Gasteiger partial charge in [0.15, 0.2) is 0 Å². The molecule has 0 atom stereocenters. The van der Waals surface area contributed by atoms with Crippen molar-refractivity contribution in [3.8, 4) is 6.07 Å². The summed E-state index contributed by atoms with van der Waals surface area (Å²) in [6.07, 6.45) is 0.700. The van der Waals surface area contributed by atoms with E-state index in [1.54, 1.807) is 0 Å². The van der Waals surface area contributed by atoms with Gasteiger partial charge in [-0.05, 0) is 0 Å². The first-order valence-electron chi connectivity index (χ1n) is 2.09. The van der Waals surface area contributed by atoms with Crippen LogP contribution in [0.5, 0.6) is 0 Å². The van der Waals surface area contributed by atoms with Crippen LogP contribution in [-0.2, 0) is 9.53 Å². The lowest BCUT2D eigenvalue weighted by atomic mass is 10.5. The molecule has 0 radical (unpaired) electrons. The Morgan fingerprint density at radius 3 is 2.78 bits per heavy atom. The highest BCUT2D eigenvalue weighted by atomic mass is 16.5. The van der Waals surface area contributed by atoms with Crippen LogP contribution in [0.15, 0.2) is 11.8 Å². The van der Waals surface area contributed by atoms with Gasteiger partial charge in [0.25, 0.3) is 0 Å². The predicted molar refractivity (Wildman–Crippen MR) is 28.3 cm³/mol. The zero-order valence-electron chi connectivity index (χ0n) is 4.79. The van der Waals surface area contributed by atoms with Crippen LogP contribution < -0.4 is 0 Å². The van der Waals surface area contributed by atoms with Gasteiger partial charge in [0, 0.05) is 0 Å². The maximum absolute atomic E-state index is 10.2. The normalized spacial score (nSPS) is 10.0. The smallest absolute Gasteiger partial charge is 0.373 e. The summed E-state index contributed by atoms with van der Waals surface area (Å²) in [5, 5.41) is 16.4. The average Bonchev–Trinajstić information content (AvgIpc) is 1.87. The van der Waals surface area contributed by atoms with Gasteiger partial charge in [-0.2, -0.15) is 5.26 Å². The van der Waals surface area contributed by atoms with E-state index in [0.717, 1.165) is 7.11 Å². The maximum atomic E-state index is 10.2. The molecule has 9 heavy (non-hydrogen) atoms. The summed E-state index contributed by atoms with van der Waals surface area (Å²) in [7, 11) is 1.11. The Labute approximate surface area is 52.0 Å². The van der Waals surface area contributed by atoms with E-state index in [0.29, 0.717) is 6.08 Å². The Balaban J connectivity index is 4.07. The Morgan fingerprint density at radius 1 is 1.89 bits per heavy atom. The van der Waals surface area contributed by atoms with E-state index in [9.17, 15) is 4.79 Å². The molecule has 1 N–H and O–H groups in total. The van der Waals surface area contributed by atoms with Crippen LogP contribution in [0.1, 0.15) is 0 Å². The molecule has 4 heteroatoms. The topological polar surface area (TPSA) is 70.3 Å². The first-order valence-corrected chi connectivity index (χ1v) is 2.09. The minimum Gasteiger partial charge on any atom is -0.501 e. The highest BCUT2D eigenvalue weighted by Crippen LogP contribution is 1.88. The third-order valence-corrected chi connectivity index (χ3v) is 0.596. The number of hydrogen-bond donors (Lipinski definition) is 1. The number of aliphatic hydroxyl groups is 1. The van der Waals surface area contributed by atoms with Crippen LogP contribution in [-0.4, -0.2) is 18.2 Å². The number of allylic oxidation sites excluding steroid dienone is 1. The van der Waals surface area contributed by atoms with E-state index >= 15 is 0 Å². The molecule has 0 spiro atoms. The number of nitrogens with zero attached hydrogens (tertiary/aromatic N) is 1. The van der Waals surface area contributed by atoms with Gasteiger partial charge < -0.3 is 9.84 Å². The van der Waals surface area contributed by atoms with E-state index < -0.39 is 11.7 Å². The second-order valence-electron chi connectivity index (χ2n) is 1.15. The highest BCUT2D eigenvalue weighted by Gasteiger charge is 2.04. The third-order valence-electron chi connectivity index (χ3n) is 0.596. The lowest BCUT2D eigenvalue weighted by Gasteiger charge is -1.91. The number of esters is 1. The minimum absolute atomic E-state index is 0.681. The summed E-state index contributed by atoms with van der Waals surface area (Å²) in [4.78, 5) is 10.2. The van der Waals surface area contributed by atoms with Crippen LogP contribution in [0.3, 0.4) is 0 Å². The molecule has 0 aromatic heterocycles. The van der Waals surface area contributed by atoms with Crippen molar-refractivity contribution in [2.45, 2.75) is 0 Å². The number of nitriles is 1. The largest absolute Gasteiger partial charge is 0.501 e. The number of rotatable bonds is 1. The van der Waals surface area contributed by atoms with Crippen molar-refractivity contribution in [1.82, 2.24) is 0 Å². The summed E-state index contributed by atoms with van der Waals surface area (Å²) >= 11 is 0. The monoisotopic (exact) mass is 127 g/mol. The molecular weight excluding hydrogens is 122 g/mol. The zero-order chi connectivity index (χ0) is 7.28. The van der Waals surface area contributed by atoms with Gasteiger partial charge in [0.1, 0.15) is 0 Å². The van der Waals surface area contributed by atoms with E-state index in [1.807, 2.05) is 0 Å². The Morgan fingerprint density at radius 2 is 2.44 bits per heavy atom. The quantitative estimate of drug-likeness (QED) is 0.235. The number of hydrogen-bond acceptors (Lipinski definition) is 4. The second-order valence-corrected chi connectivity index (χ2v) is 1.15. The molecule has 0 saturated carbocycles. The van der Waals surface area contributed by atoms with Gasteiger partial charge in [-0.15, -0.1) is 0 Å². The molecule has 0 heterocycles. The van der Waals surface area contributed by atoms with Crippen molar-refractivity contribution in [2.24, 2.45) is 0 Å². The predicted octanol–water partition coefficient (Wildman–Crippen LogP) is 0.125. The zero-order valence-corrected chi connectivity index (χ0v) is 4.79. The molecule has 0 aromatic rings. The fourth-order valence-corrected chi connectivity index (χ4v) is 0.225. The number of aliphatic hydroxyl groups excluding tert-OH is 1. The second kappa shape index (κ2) is 3.50. The minimum atomic E-state index is -0.906. The number of ether oxygens (including phenoxy) is 1. The molecule has 0 amide bonds. The fraction of sp³-hybridized carbons (Fsp3) is 0.200. The van der Waals surface area contributed by atoms with Gasteiger partial charge >= 0.3 is 5.97 Å². The van der Waals surface area contributed by atoms with Crippen LogP contribution in [0.2, 0.25) is 0 Å². The van der Waals surface area contributed by atoms with Gasteiger partial charge in [-0.3, -0.25) is 0 Å². The van der Waals surface area contributed by atoms with E-state index in [4.69, 9.17) is 10.4 Å². The van der Waals surface area contributed by atoms with Crippen LogP contribution in [0.25, 0.3) is 0 Å². The highest BCUT2D eigenvalue weighted by molar-refractivity contribution is 5.85. The lowest BCUT2D eigenvalue weighted by molar-refractivity contribution is -0.139. The SMILES string of the molecule is COC(=O)C(O)=CC#N. The summed E-state index contributed by atoms with van der Waals surface area (Å²) in [6.45, 7) is 0. The average molecular weight is 127 g/mol. The molecule has 0 aliphatic rings. The van der Waals surface area contributed by atoms with Crippen molar-refractivity contribution < 1.29 is 14.6 Å². The first kappa shape index (κ1) is 7.50. The molecule has 0 aliphatic carbocycles. The summed E-state index contributed by atoms with van der Waals surface area (Å²) in [6, 6.07) is 1.47. The van der Waals surface area contributed by atoms with Crippen LogP contribution >= 0.6 is 0 Å². The van der Waals surface area contributed by atoms with Crippen LogP contribution in [0.4, 0.5) is 0 Å². The molecule has 4 nitrogen and oxygen atoms in total. The lowest BCUT2D eigenvalue weighted by Crippen LogP contribution is -2.02. The molecule has 0 fully saturated rings. The van der Waals surface area contributed by atoms with Crippen molar-refractivity contribution >= 4 is 5.97 Å². The van der Waals surface area contributed by atoms with Crippen molar-refractivity contribution in [3.05, 3.63) is 11.8 Å². The van der Waals surface area contributed by atoms with Gasteiger partial charge in [0.2, 0.25) is 5.76 Å². The van der Waals surface area contributed by atoms with Crippen molar-refractivity contribution in [3.63, 3.8) is 0 Å². The first-order chi connectivity index (χ1) is 4.22. The van der Waals surface area contributed by atoms with E-state index in [-0.39, 0.29) is 0 Å². The van der Waals surface area contributed by atoms with Gasteiger partial charge in [-0.1, -0.05) is 0 Å². The molecule has 0 rings (SSSR count). The fourth-order valence-electron chi connectivity index (χ4n) is 0.225. The standard InChI is InChI=1S/C5H5NO3/c1-9-5(8)4(7)2-3-6/h2,7H,1H3. The number of carbonyl (C=O) groups is 1. The summed E-state index contributed by atoms with van der Waals surface area (Å²) < 4.78 is 4.06.